The van der Waals surface area contributed by atoms with Gasteiger partial charge in [0, 0.05) is 18.2 Å². The number of rotatable bonds is 7. The van der Waals surface area contributed by atoms with Crippen LogP contribution in [0.2, 0.25) is 0 Å². The summed E-state index contributed by atoms with van der Waals surface area (Å²) in [7, 11) is 0. The Labute approximate surface area is 379 Å². The summed E-state index contributed by atoms with van der Waals surface area (Å²) in [4.78, 5) is 45.4. The molecule has 8 bridgehead atoms. The number of nitrogens with zero attached hydrogens (tertiary/aromatic N) is 4. The molecule has 0 amide bonds. The van der Waals surface area contributed by atoms with Gasteiger partial charge in [0.15, 0.2) is 5.12 Å². The SMILES string of the molecule is CC(=O)SCc1ccc(-c2c3nc(c(-c4c(C)cc(C)cc4C)c4ccc([n-]4)c(-c4ccc(C=O)cc4)c4nc(c(-c5c(C)cc(C)cc5C)c5ccc2[n-]5)C=C4)C=C3)cc1.[Zn+2]. The van der Waals surface area contributed by atoms with Crippen molar-refractivity contribution in [3.63, 3.8) is 0 Å². The Hall–Kier alpha value is -6.21. The van der Waals surface area contributed by atoms with E-state index in [0.29, 0.717) is 11.3 Å². The van der Waals surface area contributed by atoms with E-state index in [1.165, 1.54) is 22.9 Å². The molecule has 2 aliphatic rings. The van der Waals surface area contributed by atoms with E-state index in [1.54, 1.807) is 6.92 Å². The molecular formula is C54H44N4O2SZn. The Morgan fingerprint density at radius 2 is 0.871 bits per heavy atom. The smallest absolute Gasteiger partial charge is 0.657 e. The van der Waals surface area contributed by atoms with Gasteiger partial charge in [0.25, 0.3) is 0 Å². The maximum atomic E-state index is 11.8. The van der Waals surface area contributed by atoms with Gasteiger partial charge in [0.1, 0.15) is 6.29 Å². The van der Waals surface area contributed by atoms with E-state index in [1.807, 2.05) is 24.3 Å². The van der Waals surface area contributed by atoms with E-state index in [4.69, 9.17) is 19.9 Å². The van der Waals surface area contributed by atoms with E-state index >= 15 is 0 Å². The van der Waals surface area contributed by atoms with Crippen molar-refractivity contribution >= 4 is 69.5 Å². The summed E-state index contributed by atoms with van der Waals surface area (Å²) in [5, 5.41) is 0.0930. The Bertz CT molecular complexity index is 3090. The molecule has 0 atom stereocenters. The summed E-state index contributed by atoms with van der Waals surface area (Å²) in [6, 6.07) is 33.2. The fourth-order valence-corrected chi connectivity index (χ4v) is 9.58. The second-order valence-corrected chi connectivity index (χ2v) is 17.3. The van der Waals surface area contributed by atoms with Crippen LogP contribution in [0.4, 0.5) is 0 Å². The molecule has 7 aromatic rings. The molecule has 0 aliphatic carbocycles. The Balaban J connectivity index is 0.00000529. The molecule has 0 spiro atoms. The second-order valence-electron chi connectivity index (χ2n) is 16.1. The molecule has 8 heteroatoms. The average Bonchev–Trinajstić information content (AvgIpc) is 4.07. The summed E-state index contributed by atoms with van der Waals surface area (Å²) in [5.74, 6) is 0.607. The molecule has 0 N–H and O–H groups in total. The fraction of sp³-hybridized carbons (Fsp3) is 0.148. The minimum absolute atomic E-state index is 0. The zero-order chi connectivity index (χ0) is 42.5. The average molecular weight is 878 g/mol. The van der Waals surface area contributed by atoms with Crippen molar-refractivity contribution in [1.29, 1.82) is 0 Å². The van der Waals surface area contributed by atoms with Gasteiger partial charge in [-0.05, 0) is 138 Å². The van der Waals surface area contributed by atoms with Crippen LogP contribution in [0, 0.1) is 41.5 Å². The van der Waals surface area contributed by atoms with E-state index in [2.05, 4.69) is 139 Å². The summed E-state index contributed by atoms with van der Waals surface area (Å²) >= 11 is 1.31. The van der Waals surface area contributed by atoms with Crippen molar-refractivity contribution in [2.45, 2.75) is 54.2 Å². The van der Waals surface area contributed by atoms with E-state index in [0.717, 1.165) is 123 Å². The molecule has 4 aromatic carbocycles. The van der Waals surface area contributed by atoms with Gasteiger partial charge in [-0.25, -0.2) is 9.97 Å². The van der Waals surface area contributed by atoms with Crippen molar-refractivity contribution in [3.05, 3.63) is 164 Å². The molecule has 3 aromatic heterocycles. The third kappa shape index (κ3) is 8.01. The summed E-state index contributed by atoms with van der Waals surface area (Å²) in [6.07, 6.45) is 9.21. The maximum Gasteiger partial charge on any atom is 2.00 e. The Morgan fingerprint density at radius 1 is 0.516 bits per heavy atom. The second kappa shape index (κ2) is 17.3. The van der Waals surface area contributed by atoms with Crippen LogP contribution in [-0.4, -0.2) is 21.4 Å². The molecule has 0 saturated carbocycles. The van der Waals surface area contributed by atoms with Gasteiger partial charge in [0.05, 0.1) is 22.8 Å². The predicted molar refractivity (Wildman–Crippen MR) is 254 cm³/mol. The zero-order valence-corrected chi connectivity index (χ0v) is 39.8. The van der Waals surface area contributed by atoms with Crippen molar-refractivity contribution in [1.82, 2.24) is 19.9 Å². The molecule has 0 radical (unpaired) electrons. The van der Waals surface area contributed by atoms with E-state index in [-0.39, 0.29) is 24.6 Å². The number of thioether (sulfide) groups is 1. The number of hydrogen-bond acceptors (Lipinski definition) is 5. The van der Waals surface area contributed by atoms with Crippen molar-refractivity contribution in [3.8, 4) is 44.5 Å². The fourth-order valence-electron chi connectivity index (χ4n) is 9.02. The molecule has 62 heavy (non-hydrogen) atoms. The first-order valence-corrected chi connectivity index (χ1v) is 21.4. The number of carbonyl (C=O) groups excluding carboxylic acids is 2. The minimum Gasteiger partial charge on any atom is -0.657 e. The van der Waals surface area contributed by atoms with Gasteiger partial charge < -0.3 is 9.97 Å². The van der Waals surface area contributed by atoms with Crippen LogP contribution < -0.4 is 9.97 Å². The molecule has 300 valence electrons. The number of aryl methyl sites for hydroxylation is 6. The number of aldehydes is 1. The third-order valence-corrected chi connectivity index (χ3v) is 12.4. The summed E-state index contributed by atoms with van der Waals surface area (Å²) in [5.41, 5.74) is 22.7. The quantitative estimate of drug-likeness (QED) is 0.116. The molecule has 6 nitrogen and oxygen atoms in total. The molecule has 0 saturated heterocycles. The molecule has 0 unspecified atom stereocenters. The summed E-state index contributed by atoms with van der Waals surface area (Å²) < 4.78 is 0. The van der Waals surface area contributed by atoms with Crippen LogP contribution in [0.3, 0.4) is 0 Å². The summed E-state index contributed by atoms with van der Waals surface area (Å²) in [6.45, 7) is 14.5. The van der Waals surface area contributed by atoms with Gasteiger partial charge in [-0.2, -0.15) is 0 Å². The van der Waals surface area contributed by atoms with E-state index < -0.39 is 0 Å². The Morgan fingerprint density at radius 3 is 1.24 bits per heavy atom. The topological polar surface area (TPSA) is 88.1 Å². The molecule has 0 fully saturated rings. The maximum absolute atomic E-state index is 11.8. The van der Waals surface area contributed by atoms with Crippen LogP contribution in [0.1, 0.15) is 79.0 Å². The molecule has 5 heterocycles. The molecular weight excluding hydrogens is 834 g/mol. The molecule has 9 rings (SSSR count). The van der Waals surface area contributed by atoms with Crippen LogP contribution in [0.25, 0.3) is 90.9 Å². The monoisotopic (exact) mass is 876 g/mol. The van der Waals surface area contributed by atoms with Crippen molar-refractivity contribution < 1.29 is 29.1 Å². The number of fused-ring (bicyclic) bond motifs is 8. The zero-order valence-electron chi connectivity index (χ0n) is 36.1. The van der Waals surface area contributed by atoms with Crippen LogP contribution >= 0.6 is 11.8 Å². The van der Waals surface area contributed by atoms with Gasteiger partial charge in [-0.1, -0.05) is 120 Å². The third-order valence-electron chi connectivity index (χ3n) is 11.5. The van der Waals surface area contributed by atoms with Crippen molar-refractivity contribution in [2.24, 2.45) is 0 Å². The van der Waals surface area contributed by atoms with Gasteiger partial charge in [-0.15, -0.1) is 22.1 Å². The Kier molecular flexibility index (Phi) is 11.8. The van der Waals surface area contributed by atoms with Gasteiger partial charge in [0.2, 0.25) is 0 Å². The number of hydrogen-bond donors (Lipinski definition) is 0. The first kappa shape index (κ1) is 42.5. The standard InChI is InChI=1S/C54H45N4O2S.Zn/c1-30-24-32(3)49(33(4)25-30)53-45-20-16-41(55-45)51(39-12-8-37(28-59)9-13-39)42-17-21-46(56-42)54(50-34(5)26-31(2)27-35(50)6)48-23-19-44(58-48)52(43-18-22-47(53)57-43)40-14-10-38(11-15-40)29-61-36(7)60;/h8-28H,29H2,1-7H3,(H-,55,56,57,58,59);/q-1;+2/p-1. The number of benzene rings is 4. The van der Waals surface area contributed by atoms with Crippen molar-refractivity contribution in [2.75, 3.05) is 0 Å². The first-order chi connectivity index (χ1) is 29.4. The van der Waals surface area contributed by atoms with Crippen LogP contribution in [-0.2, 0) is 30.0 Å². The largest absolute Gasteiger partial charge is 2.00 e. The normalized spacial score (nSPS) is 11.8. The van der Waals surface area contributed by atoms with Crippen LogP contribution in [0.5, 0.6) is 0 Å². The van der Waals surface area contributed by atoms with Gasteiger partial charge in [-0.3, -0.25) is 9.59 Å². The first-order valence-electron chi connectivity index (χ1n) is 20.5. The predicted octanol–water partition coefficient (Wildman–Crippen LogP) is 13.0. The minimum atomic E-state index is 0. The number of aromatic nitrogens is 4. The van der Waals surface area contributed by atoms with Gasteiger partial charge >= 0.3 is 19.5 Å². The van der Waals surface area contributed by atoms with Crippen LogP contribution in [0.15, 0.2) is 97.1 Å². The van der Waals surface area contributed by atoms with E-state index in [9.17, 15) is 9.59 Å². The number of carbonyl (C=O) groups is 2. The molecule has 2 aliphatic heterocycles.